The summed E-state index contributed by atoms with van der Waals surface area (Å²) < 4.78 is 5.64. The summed E-state index contributed by atoms with van der Waals surface area (Å²) in [6, 6.07) is 5.95. The molecule has 1 aromatic rings. The van der Waals surface area contributed by atoms with Crippen molar-refractivity contribution in [2.45, 2.75) is 32.6 Å². The molecule has 4 heteroatoms. The molecule has 1 amide bonds. The van der Waals surface area contributed by atoms with Gasteiger partial charge in [0.15, 0.2) is 6.61 Å². The van der Waals surface area contributed by atoms with Gasteiger partial charge < -0.3 is 15.4 Å². The summed E-state index contributed by atoms with van der Waals surface area (Å²) in [7, 11) is 0. The standard InChI is InChI=1S/C15H22N2O2/c1-2-3-9-17-15(18)11-19-14-8-4-7-13-12(14)6-5-10-16-13/h4,7-8,16H,2-3,5-6,9-11H2,1H3,(H,17,18). The van der Waals surface area contributed by atoms with Crippen LogP contribution in [0.3, 0.4) is 0 Å². The average Bonchev–Trinajstić information content (AvgIpc) is 2.45. The van der Waals surface area contributed by atoms with Crippen LogP contribution in [0.1, 0.15) is 31.7 Å². The SMILES string of the molecule is CCCCNC(=O)COc1cccc2c1CCCN2. The molecule has 4 nitrogen and oxygen atoms in total. The van der Waals surface area contributed by atoms with Crippen molar-refractivity contribution in [2.75, 3.05) is 25.0 Å². The van der Waals surface area contributed by atoms with E-state index in [1.807, 2.05) is 12.1 Å². The molecular weight excluding hydrogens is 240 g/mol. The molecule has 0 unspecified atom stereocenters. The zero-order chi connectivity index (χ0) is 13.5. The van der Waals surface area contributed by atoms with E-state index in [2.05, 4.69) is 23.6 Å². The number of hydrogen-bond donors (Lipinski definition) is 2. The van der Waals surface area contributed by atoms with E-state index in [1.165, 1.54) is 5.56 Å². The third-order valence-electron chi connectivity index (χ3n) is 3.26. The second-order valence-electron chi connectivity index (χ2n) is 4.80. The first-order valence-corrected chi connectivity index (χ1v) is 7.06. The number of amides is 1. The molecule has 0 bridgehead atoms. The minimum Gasteiger partial charge on any atom is -0.483 e. The highest BCUT2D eigenvalue weighted by Gasteiger charge is 2.14. The molecule has 0 spiro atoms. The Morgan fingerprint density at radius 3 is 3.21 bits per heavy atom. The number of carbonyl (C=O) groups excluding carboxylic acids is 1. The molecule has 1 aliphatic heterocycles. The van der Waals surface area contributed by atoms with Crippen molar-refractivity contribution in [3.05, 3.63) is 23.8 Å². The Kier molecular flexibility index (Phi) is 5.07. The van der Waals surface area contributed by atoms with Gasteiger partial charge in [-0.3, -0.25) is 4.79 Å². The maximum Gasteiger partial charge on any atom is 0.257 e. The van der Waals surface area contributed by atoms with Crippen molar-refractivity contribution in [3.8, 4) is 5.75 Å². The first-order chi connectivity index (χ1) is 9.31. The zero-order valence-corrected chi connectivity index (χ0v) is 11.5. The van der Waals surface area contributed by atoms with Crippen LogP contribution in [0.2, 0.25) is 0 Å². The Bertz CT molecular complexity index is 432. The summed E-state index contributed by atoms with van der Waals surface area (Å²) >= 11 is 0. The van der Waals surface area contributed by atoms with Crippen molar-refractivity contribution in [1.29, 1.82) is 0 Å². The van der Waals surface area contributed by atoms with Crippen molar-refractivity contribution in [3.63, 3.8) is 0 Å². The van der Waals surface area contributed by atoms with E-state index in [-0.39, 0.29) is 12.5 Å². The fraction of sp³-hybridized carbons (Fsp3) is 0.533. The highest BCUT2D eigenvalue weighted by atomic mass is 16.5. The molecule has 1 aromatic carbocycles. The topological polar surface area (TPSA) is 50.4 Å². The lowest BCUT2D eigenvalue weighted by atomic mass is 10.0. The fourth-order valence-corrected chi connectivity index (χ4v) is 2.21. The number of benzene rings is 1. The molecule has 0 fully saturated rings. The molecule has 2 rings (SSSR count). The van der Waals surface area contributed by atoms with Crippen LogP contribution in [-0.2, 0) is 11.2 Å². The van der Waals surface area contributed by atoms with Gasteiger partial charge in [-0.25, -0.2) is 0 Å². The number of ether oxygens (including phenoxy) is 1. The maximum absolute atomic E-state index is 11.6. The summed E-state index contributed by atoms with van der Waals surface area (Å²) in [6.45, 7) is 3.94. The van der Waals surface area contributed by atoms with Gasteiger partial charge in [-0.2, -0.15) is 0 Å². The highest BCUT2D eigenvalue weighted by molar-refractivity contribution is 5.77. The van der Waals surface area contributed by atoms with E-state index >= 15 is 0 Å². The van der Waals surface area contributed by atoms with Crippen LogP contribution in [0.4, 0.5) is 5.69 Å². The molecule has 1 aliphatic rings. The lowest BCUT2D eigenvalue weighted by Gasteiger charge is -2.20. The highest BCUT2D eigenvalue weighted by Crippen LogP contribution is 2.30. The van der Waals surface area contributed by atoms with Gasteiger partial charge in [-0.15, -0.1) is 0 Å². The Hall–Kier alpha value is -1.71. The first-order valence-electron chi connectivity index (χ1n) is 7.06. The number of carbonyl (C=O) groups is 1. The van der Waals surface area contributed by atoms with E-state index < -0.39 is 0 Å². The third-order valence-corrected chi connectivity index (χ3v) is 3.26. The van der Waals surface area contributed by atoms with Crippen LogP contribution in [-0.4, -0.2) is 25.6 Å². The van der Waals surface area contributed by atoms with Crippen LogP contribution >= 0.6 is 0 Å². The molecule has 104 valence electrons. The molecule has 2 N–H and O–H groups in total. The lowest BCUT2D eigenvalue weighted by molar-refractivity contribution is -0.123. The van der Waals surface area contributed by atoms with E-state index in [1.54, 1.807) is 0 Å². The second-order valence-corrected chi connectivity index (χ2v) is 4.80. The van der Waals surface area contributed by atoms with E-state index in [4.69, 9.17) is 4.74 Å². The summed E-state index contributed by atoms with van der Waals surface area (Å²) in [4.78, 5) is 11.6. The van der Waals surface area contributed by atoms with Gasteiger partial charge in [-0.05, 0) is 31.4 Å². The molecule has 19 heavy (non-hydrogen) atoms. The van der Waals surface area contributed by atoms with Crippen molar-refractivity contribution >= 4 is 11.6 Å². The number of unbranched alkanes of at least 4 members (excludes halogenated alkanes) is 1. The van der Waals surface area contributed by atoms with Crippen LogP contribution in [0.5, 0.6) is 5.75 Å². The van der Waals surface area contributed by atoms with Crippen molar-refractivity contribution < 1.29 is 9.53 Å². The quantitative estimate of drug-likeness (QED) is 0.774. The minimum absolute atomic E-state index is 0.0465. The number of hydrogen-bond acceptors (Lipinski definition) is 3. The number of fused-ring (bicyclic) bond motifs is 1. The summed E-state index contributed by atoms with van der Waals surface area (Å²) in [5.74, 6) is 0.783. The Morgan fingerprint density at radius 2 is 2.37 bits per heavy atom. The first kappa shape index (κ1) is 13.7. The fourth-order valence-electron chi connectivity index (χ4n) is 2.21. The summed E-state index contributed by atoms with van der Waals surface area (Å²) in [6.07, 6.45) is 4.21. The Balaban J connectivity index is 1.87. The number of nitrogens with one attached hydrogen (secondary N) is 2. The van der Waals surface area contributed by atoms with Gasteiger partial charge in [0.25, 0.3) is 5.91 Å². The molecule has 0 saturated heterocycles. The smallest absolute Gasteiger partial charge is 0.257 e. The second kappa shape index (κ2) is 7.02. The summed E-state index contributed by atoms with van der Waals surface area (Å²) in [5, 5.41) is 6.21. The van der Waals surface area contributed by atoms with Crippen molar-refractivity contribution in [2.24, 2.45) is 0 Å². The van der Waals surface area contributed by atoms with E-state index in [0.717, 1.165) is 50.2 Å². The largest absolute Gasteiger partial charge is 0.483 e. The molecule has 1 heterocycles. The zero-order valence-electron chi connectivity index (χ0n) is 11.5. The molecule has 0 radical (unpaired) electrons. The van der Waals surface area contributed by atoms with Gasteiger partial charge in [0.1, 0.15) is 5.75 Å². The van der Waals surface area contributed by atoms with Gasteiger partial charge >= 0.3 is 0 Å². The predicted molar refractivity (Wildman–Crippen MR) is 76.7 cm³/mol. The molecule has 0 atom stereocenters. The Morgan fingerprint density at radius 1 is 1.47 bits per heavy atom. The molecular formula is C15H22N2O2. The van der Waals surface area contributed by atoms with Crippen LogP contribution in [0.25, 0.3) is 0 Å². The van der Waals surface area contributed by atoms with Crippen molar-refractivity contribution in [1.82, 2.24) is 5.32 Å². The monoisotopic (exact) mass is 262 g/mol. The summed E-state index contributed by atoms with van der Waals surface area (Å²) in [5.41, 5.74) is 2.32. The maximum atomic E-state index is 11.6. The predicted octanol–water partition coefficient (Wildman–Crippen LogP) is 2.34. The molecule has 0 aliphatic carbocycles. The number of rotatable bonds is 6. The van der Waals surface area contributed by atoms with Gasteiger partial charge in [0.05, 0.1) is 0 Å². The average molecular weight is 262 g/mol. The normalized spacial score (nSPS) is 13.3. The van der Waals surface area contributed by atoms with Crippen LogP contribution in [0.15, 0.2) is 18.2 Å². The minimum atomic E-state index is -0.0465. The third kappa shape index (κ3) is 3.88. The van der Waals surface area contributed by atoms with E-state index in [9.17, 15) is 4.79 Å². The van der Waals surface area contributed by atoms with Gasteiger partial charge in [0.2, 0.25) is 0 Å². The Labute approximate surface area is 114 Å². The van der Waals surface area contributed by atoms with Gasteiger partial charge in [-0.1, -0.05) is 19.4 Å². The molecule has 0 aromatic heterocycles. The van der Waals surface area contributed by atoms with Gasteiger partial charge in [0, 0.05) is 24.3 Å². The van der Waals surface area contributed by atoms with E-state index in [0.29, 0.717) is 0 Å². The van der Waals surface area contributed by atoms with Crippen LogP contribution < -0.4 is 15.4 Å². The lowest BCUT2D eigenvalue weighted by Crippen LogP contribution is -2.29. The number of anilines is 1. The van der Waals surface area contributed by atoms with Crippen LogP contribution in [0, 0.1) is 0 Å². The molecule has 0 saturated carbocycles.